The van der Waals surface area contributed by atoms with Crippen LogP contribution in [-0.4, -0.2) is 36.6 Å². The van der Waals surface area contributed by atoms with Gasteiger partial charge in [0.1, 0.15) is 5.75 Å². The van der Waals surface area contributed by atoms with E-state index in [1.165, 1.54) is 11.1 Å². The van der Waals surface area contributed by atoms with E-state index in [1.807, 2.05) is 24.4 Å². The van der Waals surface area contributed by atoms with Crippen LogP contribution in [0.15, 0.2) is 42.6 Å². The van der Waals surface area contributed by atoms with Crippen molar-refractivity contribution < 1.29 is 4.74 Å². The van der Waals surface area contributed by atoms with Crippen molar-refractivity contribution in [2.45, 2.75) is 19.5 Å². The Hall–Kier alpha value is -1.62. The fourth-order valence-electron chi connectivity index (χ4n) is 3.09. The SMILES string of the molecule is COc1ccccc1C1CNCCN1Cc1cccnc1C.Cl. The van der Waals surface area contributed by atoms with Gasteiger partial charge in [-0.15, -0.1) is 12.4 Å². The van der Waals surface area contributed by atoms with Crippen LogP contribution in [0.2, 0.25) is 0 Å². The number of halogens is 1. The number of ether oxygens (including phenoxy) is 1. The Bertz CT molecular complexity index is 635. The third kappa shape index (κ3) is 4.02. The van der Waals surface area contributed by atoms with Crippen LogP contribution < -0.4 is 10.1 Å². The molecule has 2 aromatic rings. The van der Waals surface area contributed by atoms with Gasteiger partial charge in [-0.2, -0.15) is 0 Å². The zero-order valence-corrected chi connectivity index (χ0v) is 14.5. The number of benzene rings is 1. The summed E-state index contributed by atoms with van der Waals surface area (Å²) in [5.74, 6) is 0.962. The maximum absolute atomic E-state index is 5.55. The van der Waals surface area contributed by atoms with E-state index in [0.29, 0.717) is 6.04 Å². The van der Waals surface area contributed by atoms with Crippen LogP contribution in [0, 0.1) is 6.92 Å². The van der Waals surface area contributed by atoms with E-state index in [2.05, 4.69) is 40.3 Å². The van der Waals surface area contributed by atoms with Gasteiger partial charge in [0.25, 0.3) is 0 Å². The Morgan fingerprint density at radius 2 is 2.09 bits per heavy atom. The molecule has 1 saturated heterocycles. The van der Waals surface area contributed by atoms with Crippen molar-refractivity contribution in [3.05, 3.63) is 59.4 Å². The minimum Gasteiger partial charge on any atom is -0.496 e. The highest BCUT2D eigenvalue weighted by atomic mass is 35.5. The van der Waals surface area contributed by atoms with Gasteiger partial charge >= 0.3 is 0 Å². The summed E-state index contributed by atoms with van der Waals surface area (Å²) in [6.07, 6.45) is 1.86. The first kappa shape index (κ1) is 17.7. The molecule has 1 aliphatic heterocycles. The molecule has 4 nitrogen and oxygen atoms in total. The van der Waals surface area contributed by atoms with Crippen molar-refractivity contribution >= 4 is 12.4 Å². The molecule has 3 rings (SSSR count). The van der Waals surface area contributed by atoms with E-state index in [-0.39, 0.29) is 12.4 Å². The van der Waals surface area contributed by atoms with E-state index >= 15 is 0 Å². The number of methoxy groups -OCH3 is 1. The zero-order chi connectivity index (χ0) is 15.4. The van der Waals surface area contributed by atoms with Gasteiger partial charge in [-0.1, -0.05) is 24.3 Å². The molecule has 1 N–H and O–H groups in total. The molecule has 0 radical (unpaired) electrons. The van der Waals surface area contributed by atoms with E-state index in [0.717, 1.165) is 37.6 Å². The molecule has 1 unspecified atom stereocenters. The quantitative estimate of drug-likeness (QED) is 0.933. The molecule has 5 heteroatoms. The number of rotatable bonds is 4. The number of nitrogens with zero attached hydrogens (tertiary/aromatic N) is 2. The Labute approximate surface area is 144 Å². The van der Waals surface area contributed by atoms with Gasteiger partial charge in [-0.05, 0) is 24.6 Å². The van der Waals surface area contributed by atoms with E-state index in [9.17, 15) is 0 Å². The summed E-state index contributed by atoms with van der Waals surface area (Å²) in [5.41, 5.74) is 3.66. The molecule has 1 fully saturated rings. The van der Waals surface area contributed by atoms with Crippen molar-refractivity contribution in [1.82, 2.24) is 15.2 Å². The lowest BCUT2D eigenvalue weighted by Crippen LogP contribution is -2.45. The molecular weight excluding hydrogens is 310 g/mol. The van der Waals surface area contributed by atoms with Gasteiger partial charge in [0.05, 0.1) is 13.2 Å². The highest BCUT2D eigenvalue weighted by Crippen LogP contribution is 2.31. The molecule has 0 spiro atoms. The van der Waals surface area contributed by atoms with Gasteiger partial charge in [0, 0.05) is 43.6 Å². The first-order valence-corrected chi connectivity index (χ1v) is 7.78. The van der Waals surface area contributed by atoms with E-state index in [1.54, 1.807) is 7.11 Å². The number of para-hydroxylation sites is 1. The predicted molar refractivity (Wildman–Crippen MR) is 95.2 cm³/mol. The van der Waals surface area contributed by atoms with Gasteiger partial charge in [0.15, 0.2) is 0 Å². The molecule has 0 saturated carbocycles. The van der Waals surface area contributed by atoms with Gasteiger partial charge < -0.3 is 10.1 Å². The molecule has 1 aromatic heterocycles. The Morgan fingerprint density at radius 1 is 1.26 bits per heavy atom. The highest BCUT2D eigenvalue weighted by molar-refractivity contribution is 5.85. The molecule has 23 heavy (non-hydrogen) atoms. The molecule has 124 valence electrons. The molecule has 1 atom stereocenters. The first-order chi connectivity index (χ1) is 10.8. The predicted octanol–water partition coefficient (Wildman–Crippen LogP) is 2.97. The van der Waals surface area contributed by atoms with Crippen LogP contribution in [0.3, 0.4) is 0 Å². The Kier molecular flexibility index (Phi) is 6.39. The van der Waals surface area contributed by atoms with Crippen LogP contribution in [-0.2, 0) is 6.54 Å². The number of piperazine rings is 1. The molecule has 1 aliphatic rings. The van der Waals surface area contributed by atoms with Crippen molar-refractivity contribution in [1.29, 1.82) is 0 Å². The number of aromatic nitrogens is 1. The summed E-state index contributed by atoms with van der Waals surface area (Å²) in [6, 6.07) is 12.8. The molecule has 0 bridgehead atoms. The van der Waals surface area contributed by atoms with Crippen LogP contribution in [0.5, 0.6) is 5.75 Å². The number of aryl methyl sites for hydroxylation is 1. The molecule has 2 heterocycles. The van der Waals surface area contributed by atoms with Crippen molar-refractivity contribution in [2.24, 2.45) is 0 Å². The van der Waals surface area contributed by atoms with Crippen molar-refractivity contribution in [2.75, 3.05) is 26.7 Å². The summed E-state index contributed by atoms with van der Waals surface area (Å²) < 4.78 is 5.55. The lowest BCUT2D eigenvalue weighted by atomic mass is 10.0. The average molecular weight is 334 g/mol. The molecule has 0 aliphatic carbocycles. The second kappa shape index (κ2) is 8.29. The third-order valence-electron chi connectivity index (χ3n) is 4.34. The number of hydrogen-bond donors (Lipinski definition) is 1. The molecule has 1 aromatic carbocycles. The van der Waals surface area contributed by atoms with Crippen LogP contribution in [0.25, 0.3) is 0 Å². The zero-order valence-electron chi connectivity index (χ0n) is 13.7. The summed E-state index contributed by atoms with van der Waals surface area (Å²) in [7, 11) is 1.74. The topological polar surface area (TPSA) is 37.4 Å². The Morgan fingerprint density at radius 3 is 2.87 bits per heavy atom. The van der Waals surface area contributed by atoms with E-state index < -0.39 is 0 Å². The third-order valence-corrected chi connectivity index (χ3v) is 4.34. The van der Waals surface area contributed by atoms with Crippen LogP contribution in [0.1, 0.15) is 22.9 Å². The summed E-state index contributed by atoms with van der Waals surface area (Å²) in [4.78, 5) is 6.92. The summed E-state index contributed by atoms with van der Waals surface area (Å²) in [5, 5.41) is 3.50. The summed E-state index contributed by atoms with van der Waals surface area (Å²) in [6.45, 7) is 5.99. The minimum atomic E-state index is 0. The molecular formula is C18H24ClN3O. The van der Waals surface area contributed by atoms with Gasteiger partial charge in [-0.25, -0.2) is 0 Å². The monoisotopic (exact) mass is 333 g/mol. The smallest absolute Gasteiger partial charge is 0.123 e. The highest BCUT2D eigenvalue weighted by Gasteiger charge is 2.26. The number of nitrogens with one attached hydrogen (secondary N) is 1. The standard InChI is InChI=1S/C18H23N3O.ClH/c1-14-15(6-5-9-20-14)13-21-11-10-19-12-17(21)16-7-3-4-8-18(16)22-2;/h3-9,17,19H,10-13H2,1-2H3;1H. The van der Waals surface area contributed by atoms with Gasteiger partial charge in [0.2, 0.25) is 0 Å². The minimum absolute atomic E-state index is 0. The second-order valence-electron chi connectivity index (χ2n) is 5.68. The fourth-order valence-corrected chi connectivity index (χ4v) is 3.09. The lowest BCUT2D eigenvalue weighted by Gasteiger charge is -2.37. The normalized spacial score (nSPS) is 18.3. The number of pyridine rings is 1. The average Bonchev–Trinajstić information content (AvgIpc) is 2.57. The van der Waals surface area contributed by atoms with Crippen LogP contribution in [0.4, 0.5) is 0 Å². The largest absolute Gasteiger partial charge is 0.496 e. The fraction of sp³-hybridized carbons (Fsp3) is 0.389. The lowest BCUT2D eigenvalue weighted by molar-refractivity contribution is 0.150. The van der Waals surface area contributed by atoms with E-state index in [4.69, 9.17) is 4.74 Å². The van der Waals surface area contributed by atoms with Crippen LogP contribution >= 0.6 is 12.4 Å². The number of hydrogen-bond acceptors (Lipinski definition) is 4. The second-order valence-corrected chi connectivity index (χ2v) is 5.68. The maximum Gasteiger partial charge on any atom is 0.123 e. The molecule has 0 amide bonds. The maximum atomic E-state index is 5.55. The van der Waals surface area contributed by atoms with Crippen molar-refractivity contribution in [3.63, 3.8) is 0 Å². The Balaban J connectivity index is 0.00000192. The van der Waals surface area contributed by atoms with Crippen molar-refractivity contribution in [3.8, 4) is 5.75 Å². The summed E-state index contributed by atoms with van der Waals surface area (Å²) >= 11 is 0. The first-order valence-electron chi connectivity index (χ1n) is 7.78. The van der Waals surface area contributed by atoms with Gasteiger partial charge in [-0.3, -0.25) is 9.88 Å².